The first-order chi connectivity index (χ1) is 10.6. The zero-order valence-electron chi connectivity index (χ0n) is 12.2. The summed E-state index contributed by atoms with van der Waals surface area (Å²) < 4.78 is 0. The van der Waals surface area contributed by atoms with Crippen LogP contribution in [0, 0.1) is 0 Å². The summed E-state index contributed by atoms with van der Waals surface area (Å²) in [6.07, 6.45) is 3.55. The van der Waals surface area contributed by atoms with Gasteiger partial charge in [-0.15, -0.1) is 0 Å². The molecule has 0 heterocycles. The Kier molecular flexibility index (Phi) is 4.99. The van der Waals surface area contributed by atoms with E-state index in [0.717, 1.165) is 21.9 Å². The van der Waals surface area contributed by atoms with E-state index in [2.05, 4.69) is 13.2 Å². The van der Waals surface area contributed by atoms with Crippen LogP contribution in [0.1, 0.15) is 11.1 Å². The second-order valence-corrected chi connectivity index (χ2v) is 4.79. The molecule has 3 aromatic carbocycles. The highest BCUT2D eigenvalue weighted by Crippen LogP contribution is 2.21. The average Bonchev–Trinajstić information content (AvgIpc) is 2.55. The van der Waals surface area contributed by atoms with Crippen LogP contribution in [0.4, 0.5) is 0 Å². The standard InChI is InChI=1S/C12H10O.C8H8O/c1-2-9-3-4-11-8-12(13)6-5-10(11)7-9;1-2-7-3-5-8(9)6-4-7/h2-8,13H,1H2;2-6,9H,1H2. The van der Waals surface area contributed by atoms with Gasteiger partial charge in [0.1, 0.15) is 11.5 Å². The maximum atomic E-state index is 9.24. The van der Waals surface area contributed by atoms with E-state index in [0.29, 0.717) is 11.5 Å². The fourth-order valence-corrected chi connectivity index (χ4v) is 1.99. The first-order valence-electron chi connectivity index (χ1n) is 6.89. The molecule has 2 nitrogen and oxygen atoms in total. The number of hydrogen-bond donors (Lipinski definition) is 2. The van der Waals surface area contributed by atoms with Gasteiger partial charge in [0.05, 0.1) is 0 Å². The second kappa shape index (κ2) is 7.14. The minimum atomic E-state index is 0.292. The molecule has 0 spiro atoms. The first kappa shape index (κ1) is 15.4. The Morgan fingerprint density at radius 2 is 1.09 bits per heavy atom. The Morgan fingerprint density at radius 3 is 1.73 bits per heavy atom. The lowest BCUT2D eigenvalue weighted by molar-refractivity contribution is 0.475. The van der Waals surface area contributed by atoms with E-state index in [-0.39, 0.29) is 0 Å². The molecule has 0 unspecified atom stereocenters. The summed E-state index contributed by atoms with van der Waals surface area (Å²) in [6.45, 7) is 7.28. The lowest BCUT2D eigenvalue weighted by Crippen LogP contribution is -1.74. The van der Waals surface area contributed by atoms with Gasteiger partial charge in [-0.05, 0) is 52.2 Å². The van der Waals surface area contributed by atoms with E-state index in [1.807, 2.05) is 42.5 Å². The maximum Gasteiger partial charge on any atom is 0.116 e. The molecule has 0 bridgehead atoms. The number of fused-ring (bicyclic) bond motifs is 1. The monoisotopic (exact) mass is 290 g/mol. The molecule has 0 saturated heterocycles. The van der Waals surface area contributed by atoms with Crippen LogP contribution in [-0.2, 0) is 0 Å². The van der Waals surface area contributed by atoms with Gasteiger partial charge in [-0.3, -0.25) is 0 Å². The molecule has 0 saturated carbocycles. The molecule has 3 aromatic rings. The van der Waals surface area contributed by atoms with Crippen molar-refractivity contribution in [2.75, 3.05) is 0 Å². The maximum absolute atomic E-state index is 9.24. The Balaban J connectivity index is 0.000000172. The van der Waals surface area contributed by atoms with Crippen molar-refractivity contribution < 1.29 is 10.2 Å². The number of hydrogen-bond acceptors (Lipinski definition) is 2. The summed E-state index contributed by atoms with van der Waals surface area (Å²) >= 11 is 0. The molecule has 0 aromatic heterocycles. The molecular formula is C20H18O2. The average molecular weight is 290 g/mol. The lowest BCUT2D eigenvalue weighted by Gasteiger charge is -1.99. The van der Waals surface area contributed by atoms with Crippen molar-refractivity contribution in [1.29, 1.82) is 0 Å². The summed E-state index contributed by atoms with van der Waals surface area (Å²) in [7, 11) is 0. The van der Waals surface area contributed by atoms with E-state index in [9.17, 15) is 5.11 Å². The summed E-state index contributed by atoms with van der Waals surface area (Å²) in [5, 5.41) is 20.2. The summed E-state index contributed by atoms with van der Waals surface area (Å²) in [4.78, 5) is 0. The highest BCUT2D eigenvalue weighted by atomic mass is 16.3. The van der Waals surface area contributed by atoms with E-state index < -0.39 is 0 Å². The summed E-state index contributed by atoms with van der Waals surface area (Å²) in [6, 6.07) is 18.2. The van der Waals surface area contributed by atoms with E-state index in [4.69, 9.17) is 5.11 Å². The van der Waals surface area contributed by atoms with Crippen molar-refractivity contribution in [2.45, 2.75) is 0 Å². The number of phenolic OH excluding ortho intramolecular Hbond substituents is 2. The van der Waals surface area contributed by atoms with Gasteiger partial charge in [0, 0.05) is 0 Å². The number of aromatic hydroxyl groups is 2. The molecule has 0 aliphatic heterocycles. The van der Waals surface area contributed by atoms with Crippen LogP contribution in [0.5, 0.6) is 11.5 Å². The Hall–Kier alpha value is -3.00. The molecule has 0 radical (unpaired) electrons. The zero-order valence-corrected chi connectivity index (χ0v) is 12.2. The largest absolute Gasteiger partial charge is 0.508 e. The van der Waals surface area contributed by atoms with Gasteiger partial charge >= 0.3 is 0 Å². The van der Waals surface area contributed by atoms with E-state index in [1.165, 1.54) is 0 Å². The van der Waals surface area contributed by atoms with Crippen LogP contribution in [-0.4, -0.2) is 10.2 Å². The molecule has 2 heteroatoms. The van der Waals surface area contributed by atoms with Crippen molar-refractivity contribution in [3.63, 3.8) is 0 Å². The van der Waals surface area contributed by atoms with Crippen molar-refractivity contribution in [1.82, 2.24) is 0 Å². The van der Waals surface area contributed by atoms with Crippen molar-refractivity contribution in [2.24, 2.45) is 0 Å². The predicted molar refractivity (Wildman–Crippen MR) is 93.9 cm³/mol. The lowest BCUT2D eigenvalue weighted by atomic mass is 10.1. The van der Waals surface area contributed by atoms with E-state index >= 15 is 0 Å². The smallest absolute Gasteiger partial charge is 0.116 e. The van der Waals surface area contributed by atoms with Gasteiger partial charge in [-0.2, -0.15) is 0 Å². The fourth-order valence-electron chi connectivity index (χ4n) is 1.99. The summed E-state index contributed by atoms with van der Waals surface area (Å²) in [5.41, 5.74) is 2.12. The highest BCUT2D eigenvalue weighted by molar-refractivity contribution is 5.85. The molecular weight excluding hydrogens is 272 g/mol. The first-order valence-corrected chi connectivity index (χ1v) is 6.89. The molecule has 0 amide bonds. The van der Waals surface area contributed by atoms with Crippen LogP contribution in [0.3, 0.4) is 0 Å². The third-order valence-corrected chi connectivity index (χ3v) is 3.21. The van der Waals surface area contributed by atoms with E-state index in [1.54, 1.807) is 30.3 Å². The van der Waals surface area contributed by atoms with Gasteiger partial charge in [0.2, 0.25) is 0 Å². The van der Waals surface area contributed by atoms with Gasteiger partial charge < -0.3 is 10.2 Å². The van der Waals surface area contributed by atoms with Gasteiger partial charge in [0.15, 0.2) is 0 Å². The third kappa shape index (κ3) is 4.00. The molecule has 0 fully saturated rings. The number of phenols is 2. The minimum absolute atomic E-state index is 0.292. The Bertz CT molecular complexity index is 786. The molecule has 22 heavy (non-hydrogen) atoms. The number of benzene rings is 3. The quantitative estimate of drug-likeness (QED) is 0.679. The molecule has 2 N–H and O–H groups in total. The van der Waals surface area contributed by atoms with Gasteiger partial charge in [-0.1, -0.05) is 55.6 Å². The fraction of sp³-hybridized carbons (Fsp3) is 0. The van der Waals surface area contributed by atoms with Crippen LogP contribution in [0.15, 0.2) is 73.8 Å². The Morgan fingerprint density at radius 1 is 0.591 bits per heavy atom. The third-order valence-electron chi connectivity index (χ3n) is 3.21. The van der Waals surface area contributed by atoms with Crippen molar-refractivity contribution in [3.05, 3.63) is 84.9 Å². The SMILES string of the molecule is C=Cc1ccc(O)cc1.C=Cc1ccc2cc(O)ccc2c1. The zero-order chi connectivity index (χ0) is 15.9. The summed E-state index contributed by atoms with van der Waals surface area (Å²) in [5.74, 6) is 0.597. The predicted octanol–water partition coefficient (Wildman–Crippen LogP) is 5.22. The van der Waals surface area contributed by atoms with Gasteiger partial charge in [0.25, 0.3) is 0 Å². The molecule has 0 aliphatic rings. The van der Waals surface area contributed by atoms with Gasteiger partial charge in [-0.25, -0.2) is 0 Å². The normalized spacial score (nSPS) is 9.64. The number of rotatable bonds is 2. The highest BCUT2D eigenvalue weighted by Gasteiger charge is 1.94. The topological polar surface area (TPSA) is 40.5 Å². The Labute approximate surface area is 130 Å². The van der Waals surface area contributed by atoms with Crippen LogP contribution >= 0.6 is 0 Å². The van der Waals surface area contributed by atoms with Crippen molar-refractivity contribution in [3.8, 4) is 11.5 Å². The second-order valence-electron chi connectivity index (χ2n) is 4.79. The molecule has 110 valence electrons. The van der Waals surface area contributed by atoms with Crippen LogP contribution in [0.25, 0.3) is 22.9 Å². The van der Waals surface area contributed by atoms with Crippen LogP contribution in [0.2, 0.25) is 0 Å². The van der Waals surface area contributed by atoms with Crippen LogP contribution < -0.4 is 0 Å². The molecule has 3 rings (SSSR count). The molecule has 0 atom stereocenters. The minimum Gasteiger partial charge on any atom is -0.508 e. The molecule has 0 aliphatic carbocycles. The van der Waals surface area contributed by atoms with Crippen molar-refractivity contribution >= 4 is 22.9 Å².